The topological polar surface area (TPSA) is 46.3 Å². The summed E-state index contributed by atoms with van der Waals surface area (Å²) in [7, 11) is 2.17. The van der Waals surface area contributed by atoms with Crippen LogP contribution in [-0.4, -0.2) is 51.1 Å². The molecule has 2 aliphatic rings. The Bertz CT molecular complexity index is 553. The SMILES string of the molecule is C[NH+]1CC[NH+](C2CC(=O)N(c3ccc(Br)cc3)C2=O)CC1. The fourth-order valence-electron chi connectivity index (χ4n) is 3.16. The Morgan fingerprint density at radius 2 is 1.71 bits per heavy atom. The minimum absolute atomic E-state index is 0.0446. The third-order valence-electron chi connectivity index (χ3n) is 4.47. The van der Waals surface area contributed by atoms with Gasteiger partial charge in [0, 0.05) is 4.47 Å². The highest BCUT2D eigenvalue weighted by Gasteiger charge is 2.46. The number of quaternary nitrogens is 2. The summed E-state index contributed by atoms with van der Waals surface area (Å²) in [5.41, 5.74) is 0.676. The Balaban J connectivity index is 1.77. The van der Waals surface area contributed by atoms with E-state index in [-0.39, 0.29) is 17.9 Å². The van der Waals surface area contributed by atoms with E-state index in [0.717, 1.165) is 30.7 Å². The molecule has 1 atom stereocenters. The summed E-state index contributed by atoms with van der Waals surface area (Å²) in [6, 6.07) is 7.14. The van der Waals surface area contributed by atoms with Gasteiger partial charge >= 0.3 is 0 Å². The average molecular weight is 354 g/mol. The number of anilines is 1. The smallest absolute Gasteiger partial charge is 0.292 e. The highest BCUT2D eigenvalue weighted by molar-refractivity contribution is 9.10. The van der Waals surface area contributed by atoms with E-state index >= 15 is 0 Å². The van der Waals surface area contributed by atoms with Crippen LogP contribution in [0.25, 0.3) is 0 Å². The standard InChI is InChI=1S/C15H18BrN3O2/c1-17-6-8-18(9-7-17)13-10-14(20)19(15(13)21)12-4-2-11(16)3-5-12/h2-5,13H,6-10H2,1H3/p+2. The van der Waals surface area contributed by atoms with E-state index in [2.05, 4.69) is 23.0 Å². The summed E-state index contributed by atoms with van der Waals surface area (Å²) < 4.78 is 0.939. The number of carbonyl (C=O) groups excluding carboxylic acids is 2. The lowest BCUT2D eigenvalue weighted by Gasteiger charge is -2.30. The Hall–Kier alpha value is -1.24. The van der Waals surface area contributed by atoms with Crippen molar-refractivity contribution in [1.82, 2.24) is 0 Å². The molecule has 2 amide bonds. The molecular formula is C15H20BrN3O2+2. The predicted molar refractivity (Wildman–Crippen MR) is 82.4 cm³/mol. The summed E-state index contributed by atoms with van der Waals surface area (Å²) in [5, 5.41) is 0. The zero-order valence-corrected chi connectivity index (χ0v) is 13.6. The first-order chi connectivity index (χ1) is 10.1. The van der Waals surface area contributed by atoms with Crippen LogP contribution in [0.5, 0.6) is 0 Å². The number of piperazine rings is 1. The van der Waals surface area contributed by atoms with E-state index in [1.54, 1.807) is 0 Å². The molecule has 6 heteroatoms. The van der Waals surface area contributed by atoms with Gasteiger partial charge in [-0.05, 0) is 24.3 Å². The number of nitrogens with one attached hydrogen (secondary N) is 2. The number of imide groups is 1. The Labute approximate surface area is 132 Å². The van der Waals surface area contributed by atoms with E-state index in [1.165, 1.54) is 14.7 Å². The second-order valence-electron chi connectivity index (χ2n) is 5.92. The first-order valence-electron chi connectivity index (χ1n) is 7.34. The Kier molecular flexibility index (Phi) is 4.10. The number of likely N-dealkylation sites (N-methyl/N-ethyl adjacent to an activating group) is 1. The molecule has 2 aliphatic heterocycles. The molecule has 0 spiro atoms. The molecule has 0 aliphatic carbocycles. The lowest BCUT2D eigenvalue weighted by atomic mass is 10.2. The van der Waals surface area contributed by atoms with E-state index in [4.69, 9.17) is 0 Å². The Morgan fingerprint density at radius 1 is 1.10 bits per heavy atom. The molecule has 2 N–H and O–H groups in total. The molecule has 3 rings (SSSR count). The summed E-state index contributed by atoms with van der Waals surface area (Å²) in [4.78, 5) is 29.0. The van der Waals surface area contributed by atoms with Gasteiger partial charge in [-0.3, -0.25) is 9.59 Å². The molecule has 1 unspecified atom stereocenters. The maximum absolute atomic E-state index is 12.6. The van der Waals surface area contributed by atoms with Gasteiger partial charge in [-0.15, -0.1) is 0 Å². The molecule has 21 heavy (non-hydrogen) atoms. The maximum atomic E-state index is 12.6. The van der Waals surface area contributed by atoms with Gasteiger partial charge in [-0.25, -0.2) is 4.90 Å². The molecule has 1 aromatic rings. The molecule has 2 fully saturated rings. The van der Waals surface area contributed by atoms with Crippen LogP contribution in [0.15, 0.2) is 28.7 Å². The van der Waals surface area contributed by atoms with Crippen molar-refractivity contribution in [1.29, 1.82) is 0 Å². The van der Waals surface area contributed by atoms with Gasteiger partial charge in [0.2, 0.25) is 5.91 Å². The van der Waals surface area contributed by atoms with Crippen molar-refractivity contribution in [2.45, 2.75) is 12.5 Å². The van der Waals surface area contributed by atoms with Gasteiger partial charge < -0.3 is 9.80 Å². The quantitative estimate of drug-likeness (QED) is 0.635. The van der Waals surface area contributed by atoms with E-state index in [1.807, 2.05) is 24.3 Å². The van der Waals surface area contributed by atoms with E-state index in [0.29, 0.717) is 12.1 Å². The van der Waals surface area contributed by atoms with Crippen LogP contribution in [0.4, 0.5) is 5.69 Å². The molecule has 0 bridgehead atoms. The molecule has 0 saturated carbocycles. The van der Waals surface area contributed by atoms with E-state index in [9.17, 15) is 9.59 Å². The third kappa shape index (κ3) is 2.88. The number of hydrogen-bond donors (Lipinski definition) is 2. The number of halogens is 1. The van der Waals surface area contributed by atoms with Crippen LogP contribution in [0.3, 0.4) is 0 Å². The van der Waals surface area contributed by atoms with Gasteiger partial charge in [0.1, 0.15) is 26.2 Å². The van der Waals surface area contributed by atoms with Gasteiger partial charge in [0.05, 0.1) is 19.2 Å². The van der Waals surface area contributed by atoms with Crippen molar-refractivity contribution in [3.05, 3.63) is 28.7 Å². The maximum Gasteiger partial charge on any atom is 0.292 e. The molecule has 2 heterocycles. The Morgan fingerprint density at radius 3 is 2.33 bits per heavy atom. The second kappa shape index (κ2) is 5.87. The zero-order valence-electron chi connectivity index (χ0n) is 12.1. The number of carbonyl (C=O) groups is 2. The lowest BCUT2D eigenvalue weighted by molar-refractivity contribution is -1.01. The molecule has 112 valence electrons. The minimum Gasteiger partial charge on any atom is -0.328 e. The molecule has 0 aromatic heterocycles. The minimum atomic E-state index is -0.200. The van der Waals surface area contributed by atoms with Crippen LogP contribution in [-0.2, 0) is 9.59 Å². The third-order valence-corrected chi connectivity index (χ3v) is 5.00. The fraction of sp³-hybridized carbons (Fsp3) is 0.467. The normalized spacial score (nSPS) is 30.0. The lowest BCUT2D eigenvalue weighted by Crippen LogP contribution is -3.29. The average Bonchev–Trinajstić information content (AvgIpc) is 2.76. The highest BCUT2D eigenvalue weighted by Crippen LogP contribution is 2.23. The van der Waals surface area contributed by atoms with Crippen LogP contribution >= 0.6 is 15.9 Å². The highest BCUT2D eigenvalue weighted by atomic mass is 79.9. The number of benzene rings is 1. The van der Waals surface area contributed by atoms with Gasteiger partial charge in [0.15, 0.2) is 6.04 Å². The van der Waals surface area contributed by atoms with Gasteiger partial charge in [0.25, 0.3) is 5.91 Å². The first kappa shape index (κ1) is 14.7. The van der Waals surface area contributed by atoms with Crippen LogP contribution < -0.4 is 14.7 Å². The fourth-order valence-corrected chi connectivity index (χ4v) is 3.42. The van der Waals surface area contributed by atoms with Crippen molar-refractivity contribution in [3.63, 3.8) is 0 Å². The summed E-state index contributed by atoms with van der Waals surface area (Å²) in [5.74, 6) is -0.122. The number of nitrogens with zero attached hydrogens (tertiary/aromatic N) is 1. The predicted octanol–water partition coefficient (Wildman–Crippen LogP) is -1.51. The monoisotopic (exact) mass is 353 g/mol. The molecular weight excluding hydrogens is 334 g/mol. The zero-order chi connectivity index (χ0) is 15.0. The largest absolute Gasteiger partial charge is 0.328 e. The molecule has 5 nitrogen and oxygen atoms in total. The van der Waals surface area contributed by atoms with Crippen LogP contribution in [0.1, 0.15) is 6.42 Å². The van der Waals surface area contributed by atoms with Gasteiger partial charge in [-0.1, -0.05) is 15.9 Å². The number of amides is 2. The van der Waals surface area contributed by atoms with Gasteiger partial charge in [-0.2, -0.15) is 0 Å². The van der Waals surface area contributed by atoms with Crippen molar-refractivity contribution < 1.29 is 19.4 Å². The van der Waals surface area contributed by atoms with Crippen molar-refractivity contribution in [3.8, 4) is 0 Å². The first-order valence-corrected chi connectivity index (χ1v) is 8.14. The van der Waals surface area contributed by atoms with Crippen LogP contribution in [0.2, 0.25) is 0 Å². The number of rotatable bonds is 2. The molecule has 0 radical (unpaired) electrons. The molecule has 2 saturated heterocycles. The number of hydrogen-bond acceptors (Lipinski definition) is 2. The summed E-state index contributed by atoms with van der Waals surface area (Å²) in [6.45, 7) is 4.05. The van der Waals surface area contributed by atoms with Crippen molar-refractivity contribution in [2.24, 2.45) is 0 Å². The van der Waals surface area contributed by atoms with E-state index < -0.39 is 0 Å². The molecule has 1 aromatic carbocycles. The van der Waals surface area contributed by atoms with Crippen LogP contribution in [0, 0.1) is 0 Å². The summed E-state index contributed by atoms with van der Waals surface area (Å²) in [6.07, 6.45) is 0.337. The van der Waals surface area contributed by atoms with Crippen molar-refractivity contribution >= 4 is 33.4 Å². The summed E-state index contributed by atoms with van der Waals surface area (Å²) >= 11 is 3.37. The van der Waals surface area contributed by atoms with Crippen molar-refractivity contribution in [2.75, 3.05) is 38.1 Å². The second-order valence-corrected chi connectivity index (χ2v) is 6.83.